The molecule has 0 radical (unpaired) electrons. The van der Waals surface area contributed by atoms with E-state index in [1.54, 1.807) is 23.6 Å². The lowest BCUT2D eigenvalue weighted by atomic mass is 10.2. The van der Waals surface area contributed by atoms with Gasteiger partial charge in [0, 0.05) is 10.9 Å². The van der Waals surface area contributed by atoms with Gasteiger partial charge in [0.25, 0.3) is 0 Å². The molecule has 0 saturated heterocycles. The molecule has 0 aliphatic carbocycles. The maximum absolute atomic E-state index is 13.6. The molecule has 0 bridgehead atoms. The van der Waals surface area contributed by atoms with Crippen molar-refractivity contribution in [2.45, 2.75) is 0 Å². The van der Waals surface area contributed by atoms with Crippen LogP contribution in [0.1, 0.15) is 0 Å². The first-order valence-electron chi connectivity index (χ1n) is 4.91. The fourth-order valence-corrected chi connectivity index (χ4v) is 2.25. The first-order chi connectivity index (χ1) is 8.34. The summed E-state index contributed by atoms with van der Waals surface area (Å²) in [6.07, 6.45) is 1.42. The van der Waals surface area contributed by atoms with E-state index >= 15 is 0 Å². The molecule has 2 aromatic heterocycles. The lowest BCUT2D eigenvalue weighted by Gasteiger charge is -1.97. The topological polar surface area (TPSA) is 54.5 Å². The highest BCUT2D eigenvalue weighted by Crippen LogP contribution is 2.27. The quantitative estimate of drug-likeness (QED) is 0.756. The molecule has 4 nitrogen and oxygen atoms in total. The van der Waals surface area contributed by atoms with Gasteiger partial charge in [0.15, 0.2) is 10.8 Å². The maximum atomic E-state index is 13.6. The van der Waals surface area contributed by atoms with Gasteiger partial charge in [0.2, 0.25) is 0 Å². The number of hydrogen-bond donors (Lipinski definition) is 1. The van der Waals surface area contributed by atoms with Crippen molar-refractivity contribution < 1.29 is 4.39 Å². The fourth-order valence-electron chi connectivity index (χ4n) is 1.48. The van der Waals surface area contributed by atoms with E-state index in [9.17, 15) is 4.39 Å². The number of thiazole rings is 1. The summed E-state index contributed by atoms with van der Waals surface area (Å²) in [5, 5.41) is 8.98. The second kappa shape index (κ2) is 4.06. The third-order valence-corrected chi connectivity index (χ3v) is 3.12. The molecule has 0 unspecified atom stereocenters. The molecule has 3 rings (SSSR count). The van der Waals surface area contributed by atoms with Crippen LogP contribution in [0, 0.1) is 5.82 Å². The van der Waals surface area contributed by atoms with Crippen molar-refractivity contribution in [2.75, 3.05) is 0 Å². The Kier molecular flexibility index (Phi) is 2.41. The van der Waals surface area contributed by atoms with Crippen LogP contribution in [-0.4, -0.2) is 20.2 Å². The summed E-state index contributed by atoms with van der Waals surface area (Å²) in [4.78, 5) is 8.33. The number of nitrogens with one attached hydrogen (secondary N) is 1. The molecule has 0 aliphatic heterocycles. The number of nitrogens with zero attached hydrogens (tertiary/aromatic N) is 3. The lowest BCUT2D eigenvalue weighted by Crippen LogP contribution is -1.84. The molecule has 0 atom stereocenters. The third-order valence-electron chi connectivity index (χ3n) is 2.27. The molecule has 2 heterocycles. The second-order valence-corrected chi connectivity index (χ2v) is 4.21. The average molecular weight is 246 g/mol. The van der Waals surface area contributed by atoms with E-state index in [1.807, 2.05) is 0 Å². The van der Waals surface area contributed by atoms with E-state index in [0.717, 1.165) is 0 Å². The van der Waals surface area contributed by atoms with Gasteiger partial charge in [-0.15, -0.1) is 11.3 Å². The van der Waals surface area contributed by atoms with Gasteiger partial charge >= 0.3 is 0 Å². The van der Waals surface area contributed by atoms with Crippen LogP contribution in [0.3, 0.4) is 0 Å². The van der Waals surface area contributed by atoms with Crippen LogP contribution in [-0.2, 0) is 0 Å². The first-order valence-corrected chi connectivity index (χ1v) is 5.79. The maximum Gasteiger partial charge on any atom is 0.184 e. The van der Waals surface area contributed by atoms with Crippen LogP contribution in [0.15, 0.2) is 36.0 Å². The number of halogens is 1. The van der Waals surface area contributed by atoms with Gasteiger partial charge in [0.1, 0.15) is 12.1 Å². The van der Waals surface area contributed by atoms with Gasteiger partial charge in [-0.1, -0.05) is 12.1 Å². The predicted molar refractivity (Wildman–Crippen MR) is 62.9 cm³/mol. The number of aromatic nitrogens is 4. The normalized spacial score (nSPS) is 10.6. The summed E-state index contributed by atoms with van der Waals surface area (Å²) in [6.45, 7) is 0. The number of hydrogen-bond acceptors (Lipinski definition) is 4. The standard InChI is InChI=1S/C11H7FN4S/c12-8-4-2-1-3-7(8)9-5-17-11(15-9)10-13-6-14-16-10/h1-6H,(H,13,14,16). The Morgan fingerprint density at radius 1 is 1.24 bits per heavy atom. The first kappa shape index (κ1) is 10.1. The number of H-pyrrole nitrogens is 1. The van der Waals surface area contributed by atoms with Crippen LogP contribution in [0.5, 0.6) is 0 Å². The van der Waals surface area contributed by atoms with Gasteiger partial charge in [-0.25, -0.2) is 14.4 Å². The molecular weight excluding hydrogens is 239 g/mol. The molecule has 0 amide bonds. The minimum absolute atomic E-state index is 0.276. The molecule has 0 fully saturated rings. The molecule has 1 aromatic carbocycles. The molecule has 0 saturated carbocycles. The smallest absolute Gasteiger partial charge is 0.184 e. The molecule has 84 valence electrons. The van der Waals surface area contributed by atoms with E-state index in [0.29, 0.717) is 22.1 Å². The van der Waals surface area contributed by atoms with Crippen LogP contribution in [0.4, 0.5) is 4.39 Å². The third kappa shape index (κ3) is 1.83. The number of rotatable bonds is 2. The Balaban J connectivity index is 2.04. The molecule has 0 spiro atoms. The molecule has 0 aliphatic rings. The molecule has 17 heavy (non-hydrogen) atoms. The number of aromatic amines is 1. The van der Waals surface area contributed by atoms with Crippen molar-refractivity contribution in [1.82, 2.24) is 20.2 Å². The molecule has 1 N–H and O–H groups in total. The summed E-state index contributed by atoms with van der Waals surface area (Å²) in [5.41, 5.74) is 1.11. The Labute approximate surface area is 100 Å². The Morgan fingerprint density at radius 2 is 2.12 bits per heavy atom. The predicted octanol–water partition coefficient (Wildman–Crippen LogP) is 2.73. The average Bonchev–Trinajstić information content (AvgIpc) is 3.00. The summed E-state index contributed by atoms with van der Waals surface area (Å²) < 4.78 is 13.6. The second-order valence-electron chi connectivity index (χ2n) is 3.35. The minimum Gasteiger partial charge on any atom is -0.257 e. The van der Waals surface area contributed by atoms with Gasteiger partial charge in [-0.05, 0) is 12.1 Å². The van der Waals surface area contributed by atoms with Gasteiger partial charge in [0.05, 0.1) is 5.69 Å². The zero-order valence-electron chi connectivity index (χ0n) is 8.59. The van der Waals surface area contributed by atoms with E-state index in [2.05, 4.69) is 20.2 Å². The van der Waals surface area contributed by atoms with Gasteiger partial charge < -0.3 is 0 Å². The minimum atomic E-state index is -0.276. The summed E-state index contributed by atoms with van der Waals surface area (Å²) >= 11 is 1.40. The summed E-state index contributed by atoms with van der Waals surface area (Å²) in [7, 11) is 0. The number of benzene rings is 1. The zero-order chi connectivity index (χ0) is 11.7. The van der Waals surface area contributed by atoms with Gasteiger partial charge in [-0.3, -0.25) is 5.10 Å². The highest BCUT2D eigenvalue weighted by molar-refractivity contribution is 7.13. The fraction of sp³-hybridized carbons (Fsp3) is 0. The summed E-state index contributed by atoms with van der Waals surface area (Å²) in [6, 6.07) is 6.56. The van der Waals surface area contributed by atoms with E-state index in [4.69, 9.17) is 0 Å². The molecule has 6 heteroatoms. The van der Waals surface area contributed by atoms with Crippen molar-refractivity contribution in [1.29, 1.82) is 0 Å². The van der Waals surface area contributed by atoms with Crippen molar-refractivity contribution in [3.05, 3.63) is 41.8 Å². The molecule has 3 aromatic rings. The van der Waals surface area contributed by atoms with Crippen molar-refractivity contribution in [2.24, 2.45) is 0 Å². The van der Waals surface area contributed by atoms with Crippen LogP contribution < -0.4 is 0 Å². The SMILES string of the molecule is Fc1ccccc1-c1csc(-c2ncn[nH]2)n1. The van der Waals surface area contributed by atoms with E-state index in [1.165, 1.54) is 23.7 Å². The summed E-state index contributed by atoms with van der Waals surface area (Å²) in [5.74, 6) is 0.319. The van der Waals surface area contributed by atoms with Crippen molar-refractivity contribution in [3.63, 3.8) is 0 Å². The van der Waals surface area contributed by atoms with Crippen LogP contribution in [0.25, 0.3) is 22.1 Å². The Morgan fingerprint density at radius 3 is 2.88 bits per heavy atom. The highest BCUT2D eigenvalue weighted by Gasteiger charge is 2.11. The van der Waals surface area contributed by atoms with Crippen molar-refractivity contribution >= 4 is 11.3 Å². The Bertz CT molecular complexity index is 632. The van der Waals surface area contributed by atoms with Crippen LogP contribution >= 0.6 is 11.3 Å². The van der Waals surface area contributed by atoms with Crippen LogP contribution in [0.2, 0.25) is 0 Å². The monoisotopic (exact) mass is 246 g/mol. The van der Waals surface area contributed by atoms with E-state index < -0.39 is 0 Å². The van der Waals surface area contributed by atoms with E-state index in [-0.39, 0.29) is 5.82 Å². The molecular formula is C11H7FN4S. The zero-order valence-corrected chi connectivity index (χ0v) is 9.41. The highest BCUT2D eigenvalue weighted by atomic mass is 32.1. The Hall–Kier alpha value is -2.08. The van der Waals surface area contributed by atoms with Crippen molar-refractivity contribution in [3.8, 4) is 22.1 Å². The van der Waals surface area contributed by atoms with Gasteiger partial charge in [-0.2, -0.15) is 5.10 Å². The lowest BCUT2D eigenvalue weighted by molar-refractivity contribution is 0.631. The largest absolute Gasteiger partial charge is 0.257 e.